The average molecular weight is 627 g/mol. The molecule has 2 aromatic rings. The molecule has 238 valence electrons. The number of phenols is 1. The first-order valence-corrected chi connectivity index (χ1v) is 14.1. The molecular weight excluding hydrogens is 592 g/mol. The standard InChI is InChI=1S/C33H34N6O7/c1-36-31-14-19-20(38(3)4)13-17(10-7-16-8-11-18(34)12-9-16)24(40)21(19)25(41)23(31)29(44)33(46)28(43)22(30(35)45)26(42)27(39(5)6)32(33,15-31)37-2/h8-9,11-13,27,40-41,43,46H,1-2,14-15,34H2,3-6H3,(H2,35,45)/t27-,31-,32-,33-/m1/s1. The first-order chi connectivity index (χ1) is 21.5. The normalized spacial score (nSPS) is 26.9. The highest BCUT2D eigenvalue weighted by Crippen LogP contribution is 2.59. The molecule has 0 saturated heterocycles. The van der Waals surface area contributed by atoms with Crippen molar-refractivity contribution in [1.29, 1.82) is 0 Å². The summed E-state index contributed by atoms with van der Waals surface area (Å²) in [7, 11) is 6.40. The summed E-state index contributed by atoms with van der Waals surface area (Å²) >= 11 is 0. The highest BCUT2D eigenvalue weighted by molar-refractivity contribution is 6.26. The number of Topliss-reactive ketones (excluding diaryl/α,β-unsaturated/α-hetero) is 2. The van der Waals surface area contributed by atoms with Gasteiger partial charge >= 0.3 is 0 Å². The van der Waals surface area contributed by atoms with Gasteiger partial charge in [-0.25, -0.2) is 0 Å². The molecule has 5 rings (SSSR count). The zero-order chi connectivity index (χ0) is 34.1. The Bertz CT molecular complexity index is 1880. The van der Waals surface area contributed by atoms with Crippen molar-refractivity contribution in [3.05, 3.63) is 69.5 Å². The maximum Gasteiger partial charge on any atom is 0.255 e. The fourth-order valence-corrected chi connectivity index (χ4v) is 7.09. The number of primary amides is 1. The van der Waals surface area contributed by atoms with Gasteiger partial charge in [0.1, 0.15) is 28.7 Å². The molecule has 1 saturated carbocycles. The topological polar surface area (TPSA) is 215 Å². The van der Waals surface area contributed by atoms with Crippen LogP contribution in [0.3, 0.4) is 0 Å². The van der Waals surface area contributed by atoms with Gasteiger partial charge in [-0.05, 0) is 63.4 Å². The molecule has 0 unspecified atom stereocenters. The number of fused-ring (bicyclic) bond motifs is 3. The summed E-state index contributed by atoms with van der Waals surface area (Å²) in [5.74, 6) is -0.359. The number of aliphatic imine (C=N–C) groups is 2. The number of ketones is 2. The number of amides is 1. The molecule has 0 aliphatic heterocycles. The molecule has 0 aromatic heterocycles. The number of benzene rings is 2. The Labute approximate surface area is 264 Å². The molecule has 8 N–H and O–H groups in total. The van der Waals surface area contributed by atoms with Crippen LogP contribution in [-0.4, -0.2) is 107 Å². The van der Waals surface area contributed by atoms with Crippen LogP contribution < -0.4 is 16.4 Å². The molecule has 1 amide bonds. The summed E-state index contributed by atoms with van der Waals surface area (Å²) in [4.78, 5) is 52.2. The van der Waals surface area contributed by atoms with Gasteiger partial charge in [-0.1, -0.05) is 11.8 Å². The van der Waals surface area contributed by atoms with E-state index in [1.807, 2.05) is 0 Å². The van der Waals surface area contributed by atoms with Crippen LogP contribution in [-0.2, 0) is 20.8 Å². The average Bonchev–Trinajstić information content (AvgIpc) is 2.98. The number of rotatable bonds is 5. The monoisotopic (exact) mass is 626 g/mol. The summed E-state index contributed by atoms with van der Waals surface area (Å²) in [6.45, 7) is 7.31. The van der Waals surface area contributed by atoms with E-state index in [1.54, 1.807) is 49.3 Å². The molecule has 13 heteroatoms. The van der Waals surface area contributed by atoms with E-state index in [1.165, 1.54) is 19.0 Å². The van der Waals surface area contributed by atoms with Crippen molar-refractivity contribution < 1.29 is 34.8 Å². The third-order valence-corrected chi connectivity index (χ3v) is 9.14. The number of likely N-dealkylation sites (N-methyl/N-ethyl adjacent to an activating group) is 1. The lowest BCUT2D eigenvalue weighted by molar-refractivity contribution is -0.157. The van der Waals surface area contributed by atoms with E-state index in [0.29, 0.717) is 22.5 Å². The maximum absolute atomic E-state index is 14.6. The number of aliphatic hydroxyl groups excluding tert-OH is 2. The zero-order valence-electron chi connectivity index (χ0n) is 25.7. The molecule has 0 heterocycles. The van der Waals surface area contributed by atoms with Crippen LogP contribution in [0.4, 0.5) is 11.4 Å². The van der Waals surface area contributed by atoms with Gasteiger partial charge < -0.3 is 36.8 Å². The van der Waals surface area contributed by atoms with Gasteiger partial charge in [0.25, 0.3) is 5.91 Å². The van der Waals surface area contributed by atoms with Crippen molar-refractivity contribution in [2.45, 2.75) is 35.6 Å². The first-order valence-electron chi connectivity index (χ1n) is 14.1. The number of aromatic hydroxyl groups is 1. The molecule has 0 spiro atoms. The molecule has 0 bridgehead atoms. The Hall–Kier alpha value is -5.45. The number of carbonyl (C=O) groups excluding carboxylic acids is 3. The third-order valence-electron chi connectivity index (χ3n) is 9.14. The SMILES string of the molecule is C=N[C@@]12Cc3c(N(C)C)cc(C#Cc4ccc(N)cc4)c(O)c3C(O)=C1C(=O)[C@]1(O)C(O)=C(C(N)=O)C(=O)[C@@H](N(C)C)[C@]1(N=C)C2. The van der Waals surface area contributed by atoms with Crippen molar-refractivity contribution in [3.8, 4) is 17.6 Å². The minimum Gasteiger partial charge on any atom is -0.508 e. The van der Waals surface area contributed by atoms with E-state index in [9.17, 15) is 34.8 Å². The van der Waals surface area contributed by atoms with Crippen LogP contribution in [0.15, 0.2) is 57.2 Å². The van der Waals surface area contributed by atoms with E-state index in [-0.39, 0.29) is 17.5 Å². The highest BCUT2D eigenvalue weighted by atomic mass is 16.4. The van der Waals surface area contributed by atoms with Gasteiger partial charge in [-0.2, -0.15) is 0 Å². The van der Waals surface area contributed by atoms with Crippen molar-refractivity contribution in [1.82, 2.24) is 4.90 Å². The lowest BCUT2D eigenvalue weighted by Gasteiger charge is -2.58. The van der Waals surface area contributed by atoms with Crippen molar-refractivity contribution in [3.63, 3.8) is 0 Å². The Morgan fingerprint density at radius 3 is 2.20 bits per heavy atom. The zero-order valence-corrected chi connectivity index (χ0v) is 25.7. The number of aliphatic hydroxyl groups is 3. The van der Waals surface area contributed by atoms with Gasteiger partial charge in [0.05, 0.1) is 22.2 Å². The van der Waals surface area contributed by atoms with Gasteiger partial charge in [0, 0.05) is 43.9 Å². The molecule has 1 fully saturated rings. The van der Waals surface area contributed by atoms with E-state index in [2.05, 4.69) is 35.3 Å². The Morgan fingerprint density at radius 2 is 1.67 bits per heavy atom. The summed E-state index contributed by atoms with van der Waals surface area (Å²) in [5.41, 5.74) is 4.65. The van der Waals surface area contributed by atoms with Gasteiger partial charge in [-0.15, -0.1) is 0 Å². The molecule has 3 aliphatic rings. The highest BCUT2D eigenvalue weighted by Gasteiger charge is 2.75. The number of nitrogens with zero attached hydrogens (tertiary/aromatic N) is 4. The van der Waals surface area contributed by atoms with Gasteiger partial charge in [-0.3, -0.25) is 29.3 Å². The van der Waals surface area contributed by atoms with E-state index in [0.717, 1.165) is 0 Å². The fraction of sp³-hybridized carbons (Fsp3) is 0.303. The van der Waals surface area contributed by atoms with Crippen molar-refractivity contribution in [2.24, 2.45) is 15.7 Å². The van der Waals surface area contributed by atoms with Gasteiger partial charge in [0.2, 0.25) is 11.4 Å². The number of phenolic OH excluding ortho intramolecular Hbond substituents is 1. The minimum atomic E-state index is -3.09. The summed E-state index contributed by atoms with van der Waals surface area (Å²) < 4.78 is 0. The van der Waals surface area contributed by atoms with E-state index >= 15 is 0 Å². The Balaban J connectivity index is 1.85. The van der Waals surface area contributed by atoms with Crippen LogP contribution in [0.1, 0.15) is 28.7 Å². The second kappa shape index (κ2) is 10.6. The number of nitrogens with two attached hydrogens (primary N) is 2. The molecule has 2 aromatic carbocycles. The molecule has 3 aliphatic carbocycles. The second-order valence-electron chi connectivity index (χ2n) is 12.1. The van der Waals surface area contributed by atoms with E-state index < -0.39 is 75.0 Å². The largest absolute Gasteiger partial charge is 0.508 e. The molecular formula is C33H34N6O7. The number of anilines is 2. The van der Waals surface area contributed by atoms with Crippen LogP contribution in [0.25, 0.3) is 5.76 Å². The van der Waals surface area contributed by atoms with Crippen LogP contribution >= 0.6 is 0 Å². The molecule has 4 atom stereocenters. The Morgan fingerprint density at radius 1 is 1.04 bits per heavy atom. The lowest BCUT2D eigenvalue weighted by Crippen LogP contribution is -2.78. The van der Waals surface area contributed by atoms with Crippen molar-refractivity contribution >= 4 is 48.0 Å². The molecule has 13 nitrogen and oxygen atoms in total. The van der Waals surface area contributed by atoms with Crippen LogP contribution in [0, 0.1) is 11.8 Å². The fourth-order valence-electron chi connectivity index (χ4n) is 7.09. The summed E-state index contributed by atoms with van der Waals surface area (Å²) in [6.07, 6.45) is -0.621. The van der Waals surface area contributed by atoms with Gasteiger partial charge in [0.15, 0.2) is 11.5 Å². The van der Waals surface area contributed by atoms with Crippen molar-refractivity contribution in [2.75, 3.05) is 38.8 Å². The smallest absolute Gasteiger partial charge is 0.255 e. The molecule has 0 radical (unpaired) electrons. The number of nitrogen functional groups attached to an aromatic ring is 1. The molecule has 46 heavy (non-hydrogen) atoms. The summed E-state index contributed by atoms with van der Waals surface area (Å²) in [5, 5.41) is 47.0. The Kier molecular flexibility index (Phi) is 7.35. The van der Waals surface area contributed by atoms with Crippen LogP contribution in [0.2, 0.25) is 0 Å². The second-order valence-corrected chi connectivity index (χ2v) is 12.1. The number of hydrogen-bond donors (Lipinski definition) is 6. The van der Waals surface area contributed by atoms with Crippen LogP contribution in [0.5, 0.6) is 5.75 Å². The predicted octanol–water partition coefficient (Wildman–Crippen LogP) is 0.658. The number of hydrogen-bond acceptors (Lipinski definition) is 12. The minimum absolute atomic E-state index is 0.115. The predicted molar refractivity (Wildman–Crippen MR) is 173 cm³/mol. The lowest BCUT2D eigenvalue weighted by atomic mass is 9.51. The quantitative estimate of drug-likeness (QED) is 0.118. The number of carbonyl (C=O) groups is 3. The summed E-state index contributed by atoms with van der Waals surface area (Å²) in [6, 6.07) is 6.85. The maximum atomic E-state index is 14.6. The third kappa shape index (κ3) is 4.07. The first kappa shape index (κ1) is 32.0. The van der Waals surface area contributed by atoms with E-state index in [4.69, 9.17) is 11.5 Å².